The molecule has 2 aromatic carbocycles. The van der Waals surface area contributed by atoms with Gasteiger partial charge in [0.05, 0.1) is 11.5 Å². The normalized spacial score (nSPS) is 21.1. The van der Waals surface area contributed by atoms with Crippen LogP contribution in [0, 0.1) is 5.92 Å². The van der Waals surface area contributed by atoms with Crippen LogP contribution in [0.4, 0.5) is 0 Å². The van der Waals surface area contributed by atoms with E-state index >= 15 is 0 Å². The first-order chi connectivity index (χ1) is 16.9. The maximum Gasteiger partial charge on any atom is 0.245 e. The van der Waals surface area contributed by atoms with Crippen molar-refractivity contribution in [1.29, 1.82) is 0 Å². The molecule has 3 aromatic rings. The SMILES string of the molecule is CCC1CCc2c(sc3cc(OCCCCCN4C(O)c5ccccc5S4(=O)=O)ccc3c2=O)C1. The zero-order valence-electron chi connectivity index (χ0n) is 19.9. The van der Waals surface area contributed by atoms with E-state index < -0.39 is 16.3 Å². The molecule has 1 aromatic heterocycles. The molecule has 0 saturated heterocycles. The molecule has 5 rings (SSSR count). The molecule has 0 fully saturated rings. The fourth-order valence-corrected chi connectivity index (χ4v) is 8.22. The van der Waals surface area contributed by atoms with E-state index in [0.717, 1.165) is 59.9 Å². The van der Waals surface area contributed by atoms with Crippen molar-refractivity contribution < 1.29 is 18.3 Å². The largest absolute Gasteiger partial charge is 0.494 e. The highest BCUT2D eigenvalue weighted by atomic mass is 32.2. The second kappa shape index (κ2) is 10.0. The van der Waals surface area contributed by atoms with Gasteiger partial charge < -0.3 is 9.84 Å². The lowest BCUT2D eigenvalue weighted by Crippen LogP contribution is -2.29. The average Bonchev–Trinajstić information content (AvgIpc) is 3.06. The molecular weight excluding hydrogens is 482 g/mol. The van der Waals surface area contributed by atoms with Gasteiger partial charge in [0.15, 0.2) is 5.43 Å². The number of nitrogens with zero attached hydrogens (tertiary/aromatic N) is 1. The van der Waals surface area contributed by atoms with Crippen molar-refractivity contribution in [3.05, 3.63) is 68.7 Å². The summed E-state index contributed by atoms with van der Waals surface area (Å²) in [5.74, 6) is 1.42. The van der Waals surface area contributed by atoms with Crippen LogP contribution >= 0.6 is 11.3 Å². The summed E-state index contributed by atoms with van der Waals surface area (Å²) >= 11 is 1.73. The number of unbranched alkanes of at least 4 members (excludes halogenated alkanes) is 2. The number of rotatable bonds is 8. The number of aliphatic hydroxyl groups is 1. The molecule has 0 amide bonds. The summed E-state index contributed by atoms with van der Waals surface area (Å²) in [4.78, 5) is 14.4. The van der Waals surface area contributed by atoms with E-state index in [1.165, 1.54) is 9.18 Å². The van der Waals surface area contributed by atoms with Gasteiger partial charge in [-0.15, -0.1) is 11.3 Å². The highest BCUT2D eigenvalue weighted by Gasteiger charge is 2.40. The van der Waals surface area contributed by atoms with Gasteiger partial charge in [0.25, 0.3) is 0 Å². The third-order valence-electron chi connectivity index (χ3n) is 7.24. The van der Waals surface area contributed by atoms with E-state index in [-0.39, 0.29) is 16.9 Å². The lowest BCUT2D eigenvalue weighted by atomic mass is 9.87. The predicted molar refractivity (Wildman–Crippen MR) is 139 cm³/mol. The summed E-state index contributed by atoms with van der Waals surface area (Å²) in [6.07, 6.45) is 5.21. The van der Waals surface area contributed by atoms with Gasteiger partial charge in [0.2, 0.25) is 10.0 Å². The second-order valence-electron chi connectivity index (χ2n) is 9.44. The molecule has 1 aliphatic carbocycles. The highest BCUT2D eigenvalue weighted by molar-refractivity contribution is 7.89. The first kappa shape index (κ1) is 24.4. The van der Waals surface area contributed by atoms with Gasteiger partial charge in [-0.3, -0.25) is 4.79 Å². The van der Waals surface area contributed by atoms with Gasteiger partial charge in [-0.1, -0.05) is 31.5 Å². The van der Waals surface area contributed by atoms with Gasteiger partial charge in [-0.25, -0.2) is 8.42 Å². The molecule has 35 heavy (non-hydrogen) atoms. The Morgan fingerprint density at radius 2 is 1.97 bits per heavy atom. The van der Waals surface area contributed by atoms with Crippen LogP contribution in [-0.2, 0) is 22.9 Å². The zero-order valence-corrected chi connectivity index (χ0v) is 21.5. The molecule has 2 heterocycles. The van der Waals surface area contributed by atoms with E-state index in [9.17, 15) is 18.3 Å². The first-order valence-corrected chi connectivity index (χ1v) is 14.7. The van der Waals surface area contributed by atoms with Crippen LogP contribution in [0.3, 0.4) is 0 Å². The Morgan fingerprint density at radius 3 is 2.77 bits per heavy atom. The van der Waals surface area contributed by atoms with Crippen molar-refractivity contribution in [3.8, 4) is 5.75 Å². The number of ether oxygens (including phenoxy) is 1. The molecule has 1 N–H and O–H groups in total. The van der Waals surface area contributed by atoms with Crippen molar-refractivity contribution in [2.24, 2.45) is 5.92 Å². The lowest BCUT2D eigenvalue weighted by Gasteiger charge is -2.22. The fraction of sp³-hybridized carbons (Fsp3) is 0.444. The standard InChI is InChI=1S/C27H31NO5S2/c1-2-18-10-12-20-23(16-18)34-24-17-19(11-13-21(24)26(20)29)33-15-7-3-6-14-28-27(30)22-8-4-5-9-25(22)35(28,31)32/h4-5,8-9,11,13,17-18,27,30H,2-3,6-7,10,12,14-16H2,1H3. The Morgan fingerprint density at radius 1 is 1.14 bits per heavy atom. The van der Waals surface area contributed by atoms with Gasteiger partial charge in [-0.05, 0) is 68.7 Å². The van der Waals surface area contributed by atoms with Crippen LogP contribution in [0.1, 0.15) is 61.3 Å². The van der Waals surface area contributed by atoms with Crippen molar-refractivity contribution in [3.63, 3.8) is 0 Å². The molecule has 6 nitrogen and oxygen atoms in total. The lowest BCUT2D eigenvalue weighted by molar-refractivity contribution is 0.0681. The van der Waals surface area contributed by atoms with Crippen molar-refractivity contribution in [2.75, 3.05) is 13.2 Å². The van der Waals surface area contributed by atoms with Gasteiger partial charge in [-0.2, -0.15) is 4.31 Å². The molecule has 0 bridgehead atoms. The van der Waals surface area contributed by atoms with E-state index in [4.69, 9.17) is 4.74 Å². The summed E-state index contributed by atoms with van der Waals surface area (Å²) in [5.41, 5.74) is 1.63. The zero-order chi connectivity index (χ0) is 24.6. The van der Waals surface area contributed by atoms with Gasteiger partial charge >= 0.3 is 0 Å². The van der Waals surface area contributed by atoms with Crippen LogP contribution < -0.4 is 10.2 Å². The third-order valence-corrected chi connectivity index (χ3v) is 10.4. The highest BCUT2D eigenvalue weighted by Crippen LogP contribution is 2.38. The second-order valence-corrected chi connectivity index (χ2v) is 12.4. The number of aliphatic hydroxyl groups excluding tert-OH is 1. The van der Waals surface area contributed by atoms with E-state index in [1.807, 2.05) is 18.2 Å². The molecule has 0 radical (unpaired) electrons. The smallest absolute Gasteiger partial charge is 0.245 e. The van der Waals surface area contributed by atoms with E-state index in [0.29, 0.717) is 24.5 Å². The Hall–Kier alpha value is -2.26. The monoisotopic (exact) mass is 513 g/mol. The van der Waals surface area contributed by atoms with Crippen LogP contribution in [0.5, 0.6) is 5.75 Å². The minimum absolute atomic E-state index is 0.177. The third kappa shape index (κ3) is 4.65. The minimum Gasteiger partial charge on any atom is -0.494 e. The fourth-order valence-electron chi connectivity index (χ4n) is 5.15. The van der Waals surface area contributed by atoms with Crippen LogP contribution in [-0.4, -0.2) is 31.0 Å². The summed E-state index contributed by atoms with van der Waals surface area (Å²) in [6, 6.07) is 12.3. The minimum atomic E-state index is -3.64. The van der Waals surface area contributed by atoms with Crippen molar-refractivity contribution >= 4 is 31.4 Å². The summed E-state index contributed by atoms with van der Waals surface area (Å²) in [6.45, 7) is 3.00. The Kier molecular flexibility index (Phi) is 6.99. The molecule has 1 aliphatic heterocycles. The van der Waals surface area contributed by atoms with E-state index in [2.05, 4.69) is 6.92 Å². The van der Waals surface area contributed by atoms with Gasteiger partial charge in [0, 0.05) is 32.6 Å². The van der Waals surface area contributed by atoms with Crippen LogP contribution in [0.25, 0.3) is 10.1 Å². The molecule has 2 unspecified atom stereocenters. The predicted octanol–water partition coefficient (Wildman–Crippen LogP) is 5.02. The maximum atomic E-state index is 13.0. The number of sulfonamides is 1. The Labute approximate surface area is 210 Å². The Balaban J connectivity index is 1.15. The maximum absolute atomic E-state index is 13.0. The van der Waals surface area contributed by atoms with Crippen LogP contribution in [0.15, 0.2) is 52.2 Å². The first-order valence-electron chi connectivity index (χ1n) is 12.4. The summed E-state index contributed by atoms with van der Waals surface area (Å²) in [7, 11) is -3.64. The van der Waals surface area contributed by atoms with E-state index in [1.54, 1.807) is 35.6 Å². The summed E-state index contributed by atoms with van der Waals surface area (Å²) < 4.78 is 33.5. The molecule has 8 heteroatoms. The molecule has 2 atom stereocenters. The van der Waals surface area contributed by atoms with Crippen molar-refractivity contribution in [2.45, 2.75) is 63.0 Å². The molecular formula is C27H31NO5S2. The van der Waals surface area contributed by atoms with Crippen LogP contribution in [0.2, 0.25) is 0 Å². The molecule has 0 spiro atoms. The molecule has 2 aliphatic rings. The number of fused-ring (bicyclic) bond motifs is 3. The summed E-state index contributed by atoms with van der Waals surface area (Å²) in [5, 5.41) is 11.2. The average molecular weight is 514 g/mol. The topological polar surface area (TPSA) is 83.9 Å². The molecule has 186 valence electrons. The Bertz CT molecular complexity index is 1400. The molecule has 0 saturated carbocycles. The number of hydrogen-bond donors (Lipinski definition) is 1. The number of hydrogen-bond acceptors (Lipinski definition) is 6. The quantitative estimate of drug-likeness (QED) is 0.428. The number of benzene rings is 2. The van der Waals surface area contributed by atoms with Crippen molar-refractivity contribution in [1.82, 2.24) is 4.31 Å². The van der Waals surface area contributed by atoms with Gasteiger partial charge in [0.1, 0.15) is 12.0 Å².